The largest absolute Gasteiger partial charge is 0.506 e. The van der Waals surface area contributed by atoms with Crippen LogP contribution in [0.3, 0.4) is 0 Å². The van der Waals surface area contributed by atoms with Gasteiger partial charge in [-0.05, 0) is 17.7 Å². The number of allylic oxidation sites excluding steroid dienone is 1. The smallest absolute Gasteiger partial charge is 0.471 e. The summed E-state index contributed by atoms with van der Waals surface area (Å²) in [7, 11) is 0. The van der Waals surface area contributed by atoms with E-state index in [2.05, 4.69) is 0 Å². The van der Waals surface area contributed by atoms with E-state index in [1.807, 2.05) is 6.07 Å². The van der Waals surface area contributed by atoms with Gasteiger partial charge in [-0.2, -0.15) is 18.4 Å². The lowest BCUT2D eigenvalue weighted by Gasteiger charge is -2.29. The van der Waals surface area contributed by atoms with E-state index in [0.717, 1.165) is 0 Å². The summed E-state index contributed by atoms with van der Waals surface area (Å²) in [6.07, 6.45) is -5.07. The number of fused-ring (bicyclic) bond motifs is 2. The number of benzene rings is 2. The molecule has 0 radical (unpaired) electrons. The van der Waals surface area contributed by atoms with E-state index < -0.39 is 17.8 Å². The van der Waals surface area contributed by atoms with Crippen LogP contribution < -0.4 is 4.90 Å². The molecule has 0 spiro atoms. The molecule has 0 atom stereocenters. The fourth-order valence-corrected chi connectivity index (χ4v) is 2.78. The number of para-hydroxylation sites is 1. The van der Waals surface area contributed by atoms with Crippen LogP contribution in [-0.2, 0) is 11.3 Å². The van der Waals surface area contributed by atoms with Crippen molar-refractivity contribution in [3.63, 3.8) is 0 Å². The quantitative estimate of drug-likeness (QED) is 0.784. The summed E-state index contributed by atoms with van der Waals surface area (Å²) in [5.41, 5.74) is 0.451. The first-order valence-corrected chi connectivity index (χ1v) is 7.24. The van der Waals surface area contributed by atoms with E-state index in [0.29, 0.717) is 10.5 Å². The fourth-order valence-electron chi connectivity index (χ4n) is 2.78. The molecule has 0 bridgehead atoms. The average molecular weight is 344 g/mol. The van der Waals surface area contributed by atoms with Gasteiger partial charge in [-0.1, -0.05) is 36.4 Å². The van der Waals surface area contributed by atoms with Crippen molar-refractivity contribution in [1.29, 1.82) is 5.26 Å². The summed E-state index contributed by atoms with van der Waals surface area (Å²) >= 11 is 0. The van der Waals surface area contributed by atoms with Crippen LogP contribution in [0.4, 0.5) is 18.9 Å². The zero-order valence-corrected chi connectivity index (χ0v) is 12.7. The number of hydrogen-bond donors (Lipinski definition) is 1. The fraction of sp³-hybridized carbons (Fsp3) is 0.111. The SMILES string of the molecule is N#C/C1=C(\O)c2ccccc2N(C(=O)C(F)(F)F)Cc2ccccc21. The van der Waals surface area contributed by atoms with Crippen LogP contribution in [0.2, 0.25) is 0 Å². The maximum absolute atomic E-state index is 13.1. The Bertz CT molecular complexity index is 926. The molecule has 2 aromatic rings. The van der Waals surface area contributed by atoms with Crippen LogP contribution >= 0.6 is 0 Å². The number of rotatable bonds is 0. The molecule has 0 saturated carbocycles. The summed E-state index contributed by atoms with van der Waals surface area (Å²) in [6, 6.07) is 13.8. The summed E-state index contributed by atoms with van der Waals surface area (Å²) < 4.78 is 39.2. The standard InChI is InChI=1S/C18H11F3N2O2/c19-18(20,21)17(25)23-10-11-5-1-2-6-12(11)14(9-22)16(24)13-7-3-4-8-15(13)23/h1-8,24H,10H2/b16-14+. The second kappa shape index (κ2) is 5.98. The number of amides is 1. The molecule has 0 aromatic heterocycles. The van der Waals surface area contributed by atoms with Crippen molar-refractivity contribution < 1.29 is 23.1 Å². The first-order chi connectivity index (χ1) is 11.8. The summed E-state index contributed by atoms with van der Waals surface area (Å²) in [6.45, 7) is -0.371. The van der Waals surface area contributed by atoms with Gasteiger partial charge in [-0.25, -0.2) is 0 Å². The predicted molar refractivity (Wildman–Crippen MR) is 85.2 cm³/mol. The topological polar surface area (TPSA) is 64.3 Å². The Morgan fingerprint density at radius 2 is 1.68 bits per heavy atom. The highest BCUT2D eigenvalue weighted by Gasteiger charge is 2.44. The maximum Gasteiger partial charge on any atom is 0.471 e. The molecular formula is C18H11F3N2O2. The van der Waals surface area contributed by atoms with Crippen molar-refractivity contribution >= 4 is 22.9 Å². The van der Waals surface area contributed by atoms with Crippen LogP contribution in [0, 0.1) is 11.3 Å². The van der Waals surface area contributed by atoms with E-state index in [-0.39, 0.29) is 28.9 Å². The van der Waals surface area contributed by atoms with Crippen LogP contribution in [0.15, 0.2) is 48.5 Å². The molecule has 0 saturated heterocycles. The third-order valence-corrected chi connectivity index (χ3v) is 3.90. The minimum atomic E-state index is -5.07. The van der Waals surface area contributed by atoms with Crippen molar-refractivity contribution in [2.75, 3.05) is 4.90 Å². The zero-order valence-electron chi connectivity index (χ0n) is 12.7. The first-order valence-electron chi connectivity index (χ1n) is 7.24. The molecule has 126 valence electrons. The summed E-state index contributed by atoms with van der Waals surface area (Å²) in [4.78, 5) is 12.5. The monoisotopic (exact) mass is 344 g/mol. The third kappa shape index (κ3) is 2.83. The molecule has 2 aromatic carbocycles. The lowest BCUT2D eigenvalue weighted by atomic mass is 9.93. The van der Waals surface area contributed by atoms with Gasteiger partial charge in [0.2, 0.25) is 0 Å². The highest BCUT2D eigenvalue weighted by Crippen LogP contribution is 2.37. The Balaban J connectivity index is 2.34. The van der Waals surface area contributed by atoms with Gasteiger partial charge in [-0.15, -0.1) is 0 Å². The highest BCUT2D eigenvalue weighted by molar-refractivity contribution is 6.04. The number of aliphatic hydroxyl groups is 1. The molecule has 0 fully saturated rings. The number of anilines is 1. The molecular weight excluding hydrogens is 333 g/mol. The summed E-state index contributed by atoms with van der Waals surface area (Å²) in [5, 5.41) is 19.9. The Labute approximate surface area is 141 Å². The molecule has 1 aliphatic heterocycles. The number of nitriles is 1. The Hall–Kier alpha value is -3.27. The van der Waals surface area contributed by atoms with Crippen molar-refractivity contribution in [2.24, 2.45) is 0 Å². The molecule has 0 unspecified atom stereocenters. The molecule has 1 heterocycles. The van der Waals surface area contributed by atoms with Crippen LogP contribution in [0.5, 0.6) is 0 Å². The zero-order chi connectivity index (χ0) is 18.2. The minimum Gasteiger partial charge on any atom is -0.506 e. The molecule has 0 aliphatic carbocycles. The van der Waals surface area contributed by atoms with E-state index in [9.17, 15) is 28.3 Å². The number of halogens is 3. The van der Waals surface area contributed by atoms with Crippen LogP contribution in [0.25, 0.3) is 11.3 Å². The second-order valence-electron chi connectivity index (χ2n) is 5.40. The molecule has 4 nitrogen and oxygen atoms in total. The average Bonchev–Trinajstić information content (AvgIpc) is 2.59. The van der Waals surface area contributed by atoms with E-state index in [4.69, 9.17) is 0 Å². The predicted octanol–water partition coefficient (Wildman–Crippen LogP) is 4.05. The molecule has 1 amide bonds. The number of aliphatic hydroxyl groups excluding tert-OH is 1. The minimum absolute atomic E-state index is 0.00819. The highest BCUT2D eigenvalue weighted by atomic mass is 19.4. The maximum atomic E-state index is 13.1. The van der Waals surface area contributed by atoms with Crippen molar-refractivity contribution in [2.45, 2.75) is 12.7 Å². The van der Waals surface area contributed by atoms with Gasteiger partial charge in [0.25, 0.3) is 0 Å². The lowest BCUT2D eigenvalue weighted by Crippen LogP contribution is -2.41. The van der Waals surface area contributed by atoms with Crippen molar-refractivity contribution in [3.05, 3.63) is 65.2 Å². The van der Waals surface area contributed by atoms with Gasteiger partial charge in [0.05, 0.1) is 12.2 Å². The Kier molecular flexibility index (Phi) is 3.97. The number of carbonyl (C=O) groups is 1. The van der Waals surface area contributed by atoms with Gasteiger partial charge in [0, 0.05) is 11.1 Å². The third-order valence-electron chi connectivity index (χ3n) is 3.90. The van der Waals surface area contributed by atoms with E-state index in [1.54, 1.807) is 12.1 Å². The Morgan fingerprint density at radius 3 is 2.32 bits per heavy atom. The molecule has 1 N–H and O–H groups in total. The Morgan fingerprint density at radius 1 is 1.08 bits per heavy atom. The van der Waals surface area contributed by atoms with Gasteiger partial charge in [0.15, 0.2) is 0 Å². The molecule has 1 aliphatic rings. The molecule has 25 heavy (non-hydrogen) atoms. The number of nitrogens with zero attached hydrogens (tertiary/aromatic N) is 2. The second-order valence-corrected chi connectivity index (χ2v) is 5.40. The molecule has 7 heteroatoms. The molecule has 3 rings (SSSR count). The van der Waals surface area contributed by atoms with Crippen molar-refractivity contribution in [3.8, 4) is 6.07 Å². The van der Waals surface area contributed by atoms with Gasteiger partial charge < -0.3 is 5.11 Å². The summed E-state index contributed by atoms with van der Waals surface area (Å²) in [5.74, 6) is -2.51. The number of hydrogen-bond acceptors (Lipinski definition) is 3. The number of carbonyl (C=O) groups excluding carboxylic acids is 1. The van der Waals surface area contributed by atoms with Gasteiger partial charge in [-0.3, -0.25) is 9.69 Å². The van der Waals surface area contributed by atoms with Crippen molar-refractivity contribution in [1.82, 2.24) is 0 Å². The lowest BCUT2D eigenvalue weighted by molar-refractivity contribution is -0.170. The van der Waals surface area contributed by atoms with Gasteiger partial charge >= 0.3 is 12.1 Å². The van der Waals surface area contributed by atoms with E-state index in [1.165, 1.54) is 36.4 Å². The number of alkyl halides is 3. The normalized spacial score (nSPS) is 17.0. The van der Waals surface area contributed by atoms with Crippen LogP contribution in [-0.4, -0.2) is 17.2 Å². The van der Waals surface area contributed by atoms with Crippen LogP contribution in [0.1, 0.15) is 16.7 Å². The first kappa shape index (κ1) is 16.6. The van der Waals surface area contributed by atoms with E-state index >= 15 is 0 Å². The van der Waals surface area contributed by atoms with Gasteiger partial charge in [0.1, 0.15) is 17.4 Å².